The van der Waals surface area contributed by atoms with Crippen molar-refractivity contribution in [3.05, 3.63) is 108 Å². The number of rotatable bonds is 17. The largest absolute Gasteiger partial charge is 0.744 e. The van der Waals surface area contributed by atoms with Crippen molar-refractivity contribution >= 4 is 48.9 Å². The van der Waals surface area contributed by atoms with Crippen molar-refractivity contribution in [1.82, 2.24) is 0 Å². The van der Waals surface area contributed by atoms with Gasteiger partial charge < -0.3 is 23.5 Å². The molecule has 13 nitrogen and oxygen atoms in total. The highest BCUT2D eigenvalue weighted by Crippen LogP contribution is 2.49. The number of aromatic nitrogens is 1. The molecule has 1 aromatic heterocycles. The van der Waals surface area contributed by atoms with E-state index in [1.165, 1.54) is 18.2 Å². The Hall–Kier alpha value is -4.51. The van der Waals surface area contributed by atoms with Crippen molar-refractivity contribution in [3.8, 4) is 0 Å². The van der Waals surface area contributed by atoms with E-state index in [4.69, 9.17) is 0 Å². The number of anilines is 1. The van der Waals surface area contributed by atoms with Gasteiger partial charge in [-0.2, -0.15) is 13.0 Å². The summed E-state index contributed by atoms with van der Waals surface area (Å²) in [6.45, 7) is 11.6. The van der Waals surface area contributed by atoms with Crippen LogP contribution in [0.4, 0.5) is 11.4 Å². The van der Waals surface area contributed by atoms with Gasteiger partial charge in [0.25, 0.3) is 10.1 Å². The Bertz CT molecular complexity index is 2490. The highest BCUT2D eigenvalue weighted by atomic mass is 32.2. The van der Waals surface area contributed by atoms with Crippen LogP contribution in [-0.2, 0) is 42.4 Å². The number of aryl methyl sites for hydroxylation is 1. The molecule has 0 spiro atoms. The van der Waals surface area contributed by atoms with Gasteiger partial charge in [-0.1, -0.05) is 19.9 Å². The molecular weight excluding hydrogens is 803 g/mol. The molecule has 0 atom stereocenters. The van der Waals surface area contributed by atoms with Gasteiger partial charge in [0.2, 0.25) is 5.69 Å². The maximum atomic E-state index is 12.3. The second-order valence-electron chi connectivity index (χ2n) is 18.9. The Labute approximate surface area is 356 Å². The molecule has 0 saturated heterocycles. The molecule has 15 heteroatoms. The SMILES string of the molecule is CC1(C)C(/C=C/C(=C/C=C2/N(CCC[N+](C)(C)C)c3ccc(S(=O)(=O)O)cc3C2(C)C)c2cc[n+](CCC(=O)O)cc2)=[N+](CCC[N+](C)(C)C)c2ccc(S(=O)(=O)[O-])cc21. The van der Waals surface area contributed by atoms with Crippen LogP contribution in [0.5, 0.6) is 0 Å². The van der Waals surface area contributed by atoms with Crippen LogP contribution in [0.1, 0.15) is 63.6 Å². The Morgan fingerprint density at radius 3 is 2.00 bits per heavy atom. The summed E-state index contributed by atoms with van der Waals surface area (Å²) in [5.41, 5.74) is 5.48. The van der Waals surface area contributed by atoms with E-state index in [0.717, 1.165) is 79.9 Å². The highest BCUT2D eigenvalue weighted by molar-refractivity contribution is 7.86. The van der Waals surface area contributed by atoms with E-state index in [1.54, 1.807) is 18.2 Å². The smallest absolute Gasteiger partial charge is 0.309 e. The number of pyridine rings is 1. The third kappa shape index (κ3) is 10.9. The molecule has 60 heavy (non-hydrogen) atoms. The van der Waals surface area contributed by atoms with Crippen LogP contribution >= 0.6 is 0 Å². The maximum Gasteiger partial charge on any atom is 0.309 e. The molecule has 2 aromatic carbocycles. The van der Waals surface area contributed by atoms with Gasteiger partial charge in [-0.25, -0.2) is 13.0 Å². The first-order valence-electron chi connectivity index (χ1n) is 20.2. The maximum absolute atomic E-state index is 12.3. The number of carbonyl (C=O) groups is 1. The fraction of sp³-hybridized carbons (Fsp3) is 0.444. The molecular formula is C45H62N5O8S2+3. The van der Waals surface area contributed by atoms with Crippen molar-refractivity contribution in [2.45, 2.75) is 74.1 Å². The number of carboxylic acids is 1. The van der Waals surface area contributed by atoms with Crippen LogP contribution in [0.25, 0.3) is 5.57 Å². The van der Waals surface area contributed by atoms with Crippen LogP contribution < -0.4 is 9.47 Å². The Balaban J connectivity index is 1.68. The monoisotopic (exact) mass is 864 g/mol. The molecule has 3 heterocycles. The molecule has 0 bridgehead atoms. The standard InChI is InChI=1S/C45H60N5O8S2/c1-44(2)37-31-35(59(53,54)55)15-17-39(37)47(24-11-29-49(5,6)7)41(44)19-13-33(34-21-26-46(27-22-34)28-23-43(51)52)14-20-42-45(3,4)38-32-36(60(56,57)58)16-18-40(38)48(42)25-12-30-50(8,9)10/h13-22,26-27,31-32H,11-12,23-25,28-30H2,1-10H3/q+1/p+2. The third-order valence-electron chi connectivity index (χ3n) is 11.4. The lowest BCUT2D eigenvalue weighted by molar-refractivity contribution is -0.871. The van der Waals surface area contributed by atoms with Crippen molar-refractivity contribution < 1.29 is 54.0 Å². The predicted molar refractivity (Wildman–Crippen MR) is 233 cm³/mol. The van der Waals surface area contributed by atoms with E-state index in [2.05, 4.69) is 63.9 Å². The van der Waals surface area contributed by atoms with Crippen molar-refractivity contribution in [2.75, 3.05) is 73.4 Å². The Morgan fingerprint density at radius 2 is 1.42 bits per heavy atom. The summed E-state index contributed by atoms with van der Waals surface area (Å²) in [6.07, 6.45) is 13.6. The number of allylic oxidation sites excluding steroid dienone is 6. The molecule has 0 amide bonds. The molecule has 0 aliphatic carbocycles. The zero-order chi connectivity index (χ0) is 44.6. The number of fused-ring (bicyclic) bond motifs is 2. The second-order valence-corrected chi connectivity index (χ2v) is 21.7. The molecule has 0 fully saturated rings. The fourth-order valence-corrected chi connectivity index (χ4v) is 9.13. The molecule has 0 saturated carbocycles. The van der Waals surface area contributed by atoms with Gasteiger partial charge in [0, 0.05) is 59.6 Å². The van der Waals surface area contributed by atoms with Gasteiger partial charge >= 0.3 is 5.97 Å². The molecule has 2 aliphatic rings. The van der Waals surface area contributed by atoms with Gasteiger partial charge in [0.1, 0.15) is 16.5 Å². The molecule has 0 radical (unpaired) electrons. The summed E-state index contributed by atoms with van der Waals surface area (Å²) < 4.78 is 76.6. The molecule has 2 aliphatic heterocycles. The lowest BCUT2D eigenvalue weighted by Crippen LogP contribution is -2.37. The predicted octanol–water partition coefficient (Wildman–Crippen LogP) is 5.49. The first-order chi connectivity index (χ1) is 27.6. The van der Waals surface area contributed by atoms with Gasteiger partial charge in [0.15, 0.2) is 31.2 Å². The number of benzene rings is 2. The lowest BCUT2D eigenvalue weighted by atomic mass is 9.81. The van der Waals surface area contributed by atoms with E-state index >= 15 is 0 Å². The second kappa shape index (κ2) is 17.1. The van der Waals surface area contributed by atoms with Gasteiger partial charge in [0.05, 0.1) is 77.0 Å². The van der Waals surface area contributed by atoms with E-state index in [-0.39, 0.29) is 16.2 Å². The molecule has 3 aromatic rings. The average molecular weight is 865 g/mol. The van der Waals surface area contributed by atoms with Crippen LogP contribution in [0.15, 0.2) is 101 Å². The van der Waals surface area contributed by atoms with Gasteiger partial charge in [-0.15, -0.1) is 0 Å². The van der Waals surface area contributed by atoms with Gasteiger partial charge in [-0.05, 0) is 73.0 Å². The van der Waals surface area contributed by atoms with Crippen LogP contribution in [0.3, 0.4) is 0 Å². The van der Waals surface area contributed by atoms with Crippen LogP contribution in [0.2, 0.25) is 0 Å². The summed E-state index contributed by atoms with van der Waals surface area (Å²) in [6, 6.07) is 13.2. The fourth-order valence-electron chi connectivity index (χ4n) is 8.12. The zero-order valence-electron chi connectivity index (χ0n) is 36.6. The Kier molecular flexibility index (Phi) is 13.3. The van der Waals surface area contributed by atoms with Gasteiger partial charge in [-0.3, -0.25) is 9.35 Å². The minimum Gasteiger partial charge on any atom is -0.744 e. The van der Waals surface area contributed by atoms with Crippen molar-refractivity contribution in [2.24, 2.45) is 0 Å². The molecule has 0 unspecified atom stereocenters. The van der Waals surface area contributed by atoms with E-state index in [1.807, 2.05) is 68.9 Å². The first kappa shape index (κ1) is 46.6. The number of quaternary nitrogens is 2. The summed E-state index contributed by atoms with van der Waals surface area (Å²) in [5.74, 6) is -0.889. The molecule has 2 N–H and O–H groups in total. The minimum atomic E-state index is -4.69. The third-order valence-corrected chi connectivity index (χ3v) is 13.1. The van der Waals surface area contributed by atoms with Crippen molar-refractivity contribution in [1.29, 1.82) is 0 Å². The quantitative estimate of drug-likeness (QED) is 0.0775. The number of carboxylic acid groups (broad SMARTS) is 1. The zero-order valence-corrected chi connectivity index (χ0v) is 38.3. The van der Waals surface area contributed by atoms with Crippen molar-refractivity contribution in [3.63, 3.8) is 0 Å². The molecule has 324 valence electrons. The average Bonchev–Trinajstić information content (AvgIpc) is 3.46. The summed E-state index contributed by atoms with van der Waals surface area (Å²) >= 11 is 0. The van der Waals surface area contributed by atoms with Crippen LogP contribution in [0, 0.1) is 0 Å². The summed E-state index contributed by atoms with van der Waals surface area (Å²) in [4.78, 5) is 13.1. The number of nitrogens with zero attached hydrogens (tertiary/aromatic N) is 5. The summed E-state index contributed by atoms with van der Waals surface area (Å²) in [5, 5.41) is 9.28. The normalized spacial score (nSPS) is 17.5. The highest BCUT2D eigenvalue weighted by Gasteiger charge is 2.45. The number of hydrogen-bond acceptors (Lipinski definition) is 7. The molecule has 5 rings (SSSR count). The first-order valence-corrected chi connectivity index (χ1v) is 23.0. The van der Waals surface area contributed by atoms with E-state index < -0.39 is 37.0 Å². The van der Waals surface area contributed by atoms with E-state index in [0.29, 0.717) is 19.6 Å². The topological polar surface area (TPSA) is 159 Å². The Morgan fingerprint density at radius 1 is 0.817 bits per heavy atom. The lowest BCUT2D eigenvalue weighted by Gasteiger charge is -2.29. The minimum absolute atomic E-state index is 0.0230. The summed E-state index contributed by atoms with van der Waals surface area (Å²) in [7, 11) is 3.70. The van der Waals surface area contributed by atoms with Crippen LogP contribution in [-0.4, -0.2) is 125 Å². The number of hydrogen-bond donors (Lipinski definition) is 2. The number of aliphatic carboxylic acids is 1. The van der Waals surface area contributed by atoms with E-state index in [9.17, 15) is 35.8 Å².